The number of nitrogens with one attached hydrogen (secondary N) is 1. The molecule has 1 heterocycles. The molecule has 3 rings (SSSR count). The van der Waals surface area contributed by atoms with Crippen LogP contribution >= 0.6 is 0 Å². The summed E-state index contributed by atoms with van der Waals surface area (Å²) < 4.78 is 0. The third-order valence-corrected chi connectivity index (χ3v) is 4.82. The van der Waals surface area contributed by atoms with Gasteiger partial charge in [-0.25, -0.2) is 0 Å². The number of aromatic hydroxyl groups is 1. The molecule has 0 radical (unpaired) electrons. The molecule has 4 heteroatoms. The summed E-state index contributed by atoms with van der Waals surface area (Å²) in [5.74, 6) is 0.769. The van der Waals surface area contributed by atoms with E-state index in [-0.39, 0.29) is 17.6 Å². The van der Waals surface area contributed by atoms with Gasteiger partial charge in [-0.3, -0.25) is 4.79 Å². The molecule has 1 aliphatic carbocycles. The van der Waals surface area contributed by atoms with Crippen molar-refractivity contribution in [3.8, 4) is 5.75 Å². The summed E-state index contributed by atoms with van der Waals surface area (Å²) in [6, 6.07) is 7.07. The van der Waals surface area contributed by atoms with Crippen LogP contribution in [0.15, 0.2) is 24.3 Å². The molecule has 1 saturated carbocycles. The number of benzene rings is 1. The molecule has 108 valence electrons. The van der Waals surface area contributed by atoms with Crippen LogP contribution in [-0.4, -0.2) is 36.1 Å². The monoisotopic (exact) mass is 274 g/mol. The molecule has 1 amide bonds. The average molecular weight is 274 g/mol. The molecule has 1 aromatic carbocycles. The Bertz CT molecular complexity index is 492. The third-order valence-electron chi connectivity index (χ3n) is 4.82. The van der Waals surface area contributed by atoms with E-state index in [1.165, 1.54) is 0 Å². The van der Waals surface area contributed by atoms with E-state index in [2.05, 4.69) is 5.32 Å². The highest BCUT2D eigenvalue weighted by Crippen LogP contribution is 2.59. The van der Waals surface area contributed by atoms with Crippen LogP contribution < -0.4 is 5.32 Å². The topological polar surface area (TPSA) is 52.6 Å². The fraction of sp³-hybridized carbons (Fsp3) is 0.562. The quantitative estimate of drug-likeness (QED) is 0.883. The Balaban J connectivity index is 1.59. The summed E-state index contributed by atoms with van der Waals surface area (Å²) in [6.07, 6.45) is 3.33. The summed E-state index contributed by atoms with van der Waals surface area (Å²) in [4.78, 5) is 14.3. The van der Waals surface area contributed by atoms with Gasteiger partial charge in [-0.1, -0.05) is 12.1 Å². The zero-order valence-corrected chi connectivity index (χ0v) is 11.9. The number of carbonyl (C=O) groups is 1. The molecule has 1 spiro atoms. The first kappa shape index (κ1) is 13.4. The highest BCUT2D eigenvalue weighted by molar-refractivity contribution is 5.82. The SMILES string of the molecule is CN(Cc1ccc(O)cc1)C(=O)C1CC12CCNCC2. The van der Waals surface area contributed by atoms with Gasteiger partial charge in [0.1, 0.15) is 5.75 Å². The first-order valence-corrected chi connectivity index (χ1v) is 7.34. The van der Waals surface area contributed by atoms with Crippen LogP contribution in [0.5, 0.6) is 5.75 Å². The lowest BCUT2D eigenvalue weighted by molar-refractivity contribution is -0.132. The van der Waals surface area contributed by atoms with Crippen molar-refractivity contribution in [2.75, 3.05) is 20.1 Å². The largest absolute Gasteiger partial charge is 0.508 e. The first-order chi connectivity index (χ1) is 9.61. The summed E-state index contributed by atoms with van der Waals surface area (Å²) in [5.41, 5.74) is 1.35. The molecule has 2 N–H and O–H groups in total. The maximum atomic E-state index is 12.5. The van der Waals surface area contributed by atoms with Crippen LogP contribution in [0.25, 0.3) is 0 Å². The number of carbonyl (C=O) groups excluding carboxylic acids is 1. The Morgan fingerprint density at radius 1 is 1.35 bits per heavy atom. The van der Waals surface area contributed by atoms with Gasteiger partial charge < -0.3 is 15.3 Å². The van der Waals surface area contributed by atoms with E-state index >= 15 is 0 Å². The molecule has 1 aromatic rings. The van der Waals surface area contributed by atoms with Crippen molar-refractivity contribution < 1.29 is 9.90 Å². The number of hydrogen-bond acceptors (Lipinski definition) is 3. The number of hydrogen-bond donors (Lipinski definition) is 2. The normalized spacial score (nSPS) is 23.6. The van der Waals surface area contributed by atoms with E-state index in [9.17, 15) is 9.90 Å². The summed E-state index contributed by atoms with van der Waals surface area (Å²) in [7, 11) is 1.88. The minimum Gasteiger partial charge on any atom is -0.508 e. The van der Waals surface area contributed by atoms with Crippen molar-refractivity contribution in [3.05, 3.63) is 29.8 Å². The van der Waals surface area contributed by atoms with Crippen LogP contribution in [-0.2, 0) is 11.3 Å². The van der Waals surface area contributed by atoms with Gasteiger partial charge in [-0.2, -0.15) is 0 Å². The number of phenols is 1. The highest BCUT2D eigenvalue weighted by Gasteiger charge is 2.58. The van der Waals surface area contributed by atoms with Gasteiger partial charge in [0.2, 0.25) is 5.91 Å². The fourth-order valence-corrected chi connectivity index (χ4v) is 3.39. The van der Waals surface area contributed by atoms with Crippen molar-refractivity contribution in [2.24, 2.45) is 11.3 Å². The lowest BCUT2D eigenvalue weighted by Crippen LogP contribution is -2.34. The second-order valence-corrected chi connectivity index (χ2v) is 6.23. The number of amides is 1. The molecule has 1 aliphatic heterocycles. The molecular weight excluding hydrogens is 252 g/mol. The molecule has 2 fully saturated rings. The average Bonchev–Trinajstić information content (AvgIpc) is 3.14. The lowest BCUT2D eigenvalue weighted by Gasteiger charge is -2.25. The first-order valence-electron chi connectivity index (χ1n) is 7.34. The molecule has 1 saturated heterocycles. The Hall–Kier alpha value is -1.55. The van der Waals surface area contributed by atoms with E-state index in [0.29, 0.717) is 12.0 Å². The smallest absolute Gasteiger partial charge is 0.226 e. The van der Waals surface area contributed by atoms with E-state index in [4.69, 9.17) is 0 Å². The Kier molecular flexibility index (Phi) is 3.42. The summed E-state index contributed by atoms with van der Waals surface area (Å²) >= 11 is 0. The zero-order chi connectivity index (χ0) is 14.2. The van der Waals surface area contributed by atoms with Crippen molar-refractivity contribution in [2.45, 2.75) is 25.8 Å². The molecular formula is C16H22N2O2. The molecule has 1 atom stereocenters. The Labute approximate surface area is 119 Å². The van der Waals surface area contributed by atoms with Gasteiger partial charge in [0.05, 0.1) is 0 Å². The van der Waals surface area contributed by atoms with E-state index < -0.39 is 0 Å². The van der Waals surface area contributed by atoms with Crippen molar-refractivity contribution in [3.63, 3.8) is 0 Å². The summed E-state index contributed by atoms with van der Waals surface area (Å²) in [5, 5.41) is 12.6. The maximum absolute atomic E-state index is 12.5. The number of nitrogens with zero attached hydrogens (tertiary/aromatic N) is 1. The highest BCUT2D eigenvalue weighted by atomic mass is 16.3. The van der Waals surface area contributed by atoms with Crippen LogP contribution in [0.4, 0.5) is 0 Å². The van der Waals surface area contributed by atoms with Gasteiger partial charge in [-0.05, 0) is 55.5 Å². The minimum absolute atomic E-state index is 0.228. The van der Waals surface area contributed by atoms with Crippen LogP contribution in [0.3, 0.4) is 0 Å². The minimum atomic E-state index is 0.228. The Morgan fingerprint density at radius 3 is 2.65 bits per heavy atom. The molecule has 20 heavy (non-hydrogen) atoms. The van der Waals surface area contributed by atoms with Crippen molar-refractivity contribution >= 4 is 5.91 Å². The van der Waals surface area contributed by atoms with Gasteiger partial charge in [0, 0.05) is 19.5 Å². The fourth-order valence-electron chi connectivity index (χ4n) is 3.39. The van der Waals surface area contributed by atoms with Crippen LogP contribution in [0.1, 0.15) is 24.8 Å². The molecule has 4 nitrogen and oxygen atoms in total. The van der Waals surface area contributed by atoms with Gasteiger partial charge >= 0.3 is 0 Å². The van der Waals surface area contributed by atoms with Crippen LogP contribution in [0.2, 0.25) is 0 Å². The van der Waals surface area contributed by atoms with E-state index in [1.54, 1.807) is 12.1 Å². The van der Waals surface area contributed by atoms with Crippen LogP contribution in [0, 0.1) is 11.3 Å². The number of rotatable bonds is 3. The van der Waals surface area contributed by atoms with Gasteiger partial charge in [-0.15, -0.1) is 0 Å². The van der Waals surface area contributed by atoms with E-state index in [1.807, 2.05) is 24.1 Å². The van der Waals surface area contributed by atoms with Crippen molar-refractivity contribution in [1.82, 2.24) is 10.2 Å². The third kappa shape index (κ3) is 2.52. The number of phenolic OH excluding ortho intramolecular Hbond substituents is 1. The molecule has 1 unspecified atom stereocenters. The van der Waals surface area contributed by atoms with Crippen molar-refractivity contribution in [1.29, 1.82) is 0 Å². The molecule has 0 bridgehead atoms. The van der Waals surface area contributed by atoms with E-state index in [0.717, 1.165) is 37.9 Å². The zero-order valence-electron chi connectivity index (χ0n) is 11.9. The second kappa shape index (κ2) is 5.09. The lowest BCUT2D eigenvalue weighted by atomic mass is 9.91. The predicted octanol–water partition coefficient (Wildman–Crippen LogP) is 1.74. The Morgan fingerprint density at radius 2 is 2.00 bits per heavy atom. The number of piperidine rings is 1. The second-order valence-electron chi connectivity index (χ2n) is 6.23. The maximum Gasteiger partial charge on any atom is 0.226 e. The standard InChI is InChI=1S/C16H22N2O2/c1-18(11-12-2-4-13(19)5-3-12)15(20)14-10-16(14)6-8-17-9-7-16/h2-5,14,17,19H,6-11H2,1H3. The summed E-state index contributed by atoms with van der Waals surface area (Å²) in [6.45, 7) is 2.71. The van der Waals surface area contributed by atoms with Gasteiger partial charge in [0.15, 0.2) is 0 Å². The molecule has 0 aromatic heterocycles. The molecule has 2 aliphatic rings. The van der Waals surface area contributed by atoms with Gasteiger partial charge in [0.25, 0.3) is 0 Å². The predicted molar refractivity (Wildman–Crippen MR) is 77.2 cm³/mol.